The lowest BCUT2D eigenvalue weighted by Gasteiger charge is -2.14. The van der Waals surface area contributed by atoms with E-state index in [0.29, 0.717) is 11.3 Å². The predicted octanol–water partition coefficient (Wildman–Crippen LogP) is 4.64. The Balaban J connectivity index is 1.69. The maximum Gasteiger partial charge on any atom is 0.262 e. The normalized spacial score (nSPS) is 13.8. The molecule has 0 bridgehead atoms. The summed E-state index contributed by atoms with van der Waals surface area (Å²) < 4.78 is 11.0. The van der Waals surface area contributed by atoms with Gasteiger partial charge in [-0.3, -0.25) is 9.59 Å². The smallest absolute Gasteiger partial charge is 0.262 e. The van der Waals surface area contributed by atoms with Crippen molar-refractivity contribution in [3.63, 3.8) is 0 Å². The second-order valence-electron chi connectivity index (χ2n) is 7.86. The van der Waals surface area contributed by atoms with Crippen molar-refractivity contribution in [3.8, 4) is 17.6 Å². The van der Waals surface area contributed by atoms with Crippen LogP contribution in [0.1, 0.15) is 36.8 Å². The van der Waals surface area contributed by atoms with Crippen molar-refractivity contribution >= 4 is 35.2 Å². The van der Waals surface area contributed by atoms with Crippen molar-refractivity contribution in [2.45, 2.75) is 38.6 Å². The van der Waals surface area contributed by atoms with Gasteiger partial charge in [0.2, 0.25) is 0 Å². The largest absolute Gasteiger partial charge is 0.493 e. The number of halogens is 1. The minimum atomic E-state index is -0.410. The number of amides is 2. The molecule has 7 nitrogen and oxygen atoms in total. The zero-order chi connectivity index (χ0) is 23.8. The number of carbonyl (C=O) groups is 2. The van der Waals surface area contributed by atoms with Gasteiger partial charge in [-0.15, -0.1) is 0 Å². The van der Waals surface area contributed by atoms with Crippen LogP contribution in [0.15, 0.2) is 42.0 Å². The highest BCUT2D eigenvalue weighted by molar-refractivity contribution is 6.32. The number of benzene rings is 2. The minimum absolute atomic E-state index is 0.0221. The summed E-state index contributed by atoms with van der Waals surface area (Å²) in [5.41, 5.74) is 2.23. The molecule has 0 heterocycles. The van der Waals surface area contributed by atoms with E-state index in [1.807, 2.05) is 25.1 Å². The second kappa shape index (κ2) is 11.4. The molecule has 0 aliphatic heterocycles. The molecule has 0 saturated heterocycles. The van der Waals surface area contributed by atoms with Crippen LogP contribution in [0.4, 0.5) is 5.69 Å². The van der Waals surface area contributed by atoms with E-state index >= 15 is 0 Å². The Hall–Kier alpha value is -3.50. The molecule has 2 N–H and O–H groups in total. The van der Waals surface area contributed by atoms with Gasteiger partial charge < -0.3 is 20.1 Å². The average molecular weight is 468 g/mol. The van der Waals surface area contributed by atoms with Gasteiger partial charge in [-0.1, -0.05) is 42.1 Å². The SMILES string of the molecule is COc1cc(/C=C(/C#N)C(=O)NC2CCCC2)cc(Cl)c1OCC(=O)Nc1ccc(C)cc1. The van der Waals surface area contributed by atoms with Crippen molar-refractivity contribution in [1.82, 2.24) is 5.32 Å². The number of hydrogen-bond donors (Lipinski definition) is 2. The zero-order valence-electron chi connectivity index (χ0n) is 18.6. The summed E-state index contributed by atoms with van der Waals surface area (Å²) >= 11 is 6.37. The third-order valence-electron chi connectivity index (χ3n) is 5.30. The summed E-state index contributed by atoms with van der Waals surface area (Å²) in [6.45, 7) is 1.69. The maximum absolute atomic E-state index is 12.5. The van der Waals surface area contributed by atoms with Crippen molar-refractivity contribution in [1.29, 1.82) is 5.26 Å². The van der Waals surface area contributed by atoms with E-state index in [4.69, 9.17) is 21.1 Å². The molecule has 1 aliphatic rings. The van der Waals surface area contributed by atoms with Crippen molar-refractivity contribution in [3.05, 3.63) is 58.1 Å². The lowest BCUT2D eigenvalue weighted by molar-refractivity contribution is -0.118. The van der Waals surface area contributed by atoms with Gasteiger partial charge >= 0.3 is 0 Å². The molecule has 1 saturated carbocycles. The van der Waals surface area contributed by atoms with E-state index in [2.05, 4.69) is 10.6 Å². The Morgan fingerprint density at radius 2 is 1.91 bits per heavy atom. The van der Waals surface area contributed by atoms with E-state index in [0.717, 1.165) is 31.2 Å². The fourth-order valence-electron chi connectivity index (χ4n) is 3.58. The number of anilines is 1. The molecular weight excluding hydrogens is 442 g/mol. The predicted molar refractivity (Wildman–Crippen MR) is 127 cm³/mol. The highest BCUT2D eigenvalue weighted by atomic mass is 35.5. The summed E-state index contributed by atoms with van der Waals surface area (Å²) in [6, 6.07) is 12.6. The fourth-order valence-corrected chi connectivity index (χ4v) is 3.86. The average Bonchev–Trinajstić information content (AvgIpc) is 3.30. The molecule has 0 unspecified atom stereocenters. The Bertz CT molecular complexity index is 1080. The molecule has 0 aromatic heterocycles. The number of aryl methyl sites for hydroxylation is 1. The van der Waals surface area contributed by atoms with Crippen LogP contribution in [0.25, 0.3) is 6.08 Å². The van der Waals surface area contributed by atoms with E-state index in [-0.39, 0.29) is 40.7 Å². The highest BCUT2D eigenvalue weighted by Gasteiger charge is 2.20. The lowest BCUT2D eigenvalue weighted by atomic mass is 10.1. The van der Waals surface area contributed by atoms with E-state index in [9.17, 15) is 14.9 Å². The Kier molecular flexibility index (Phi) is 8.34. The van der Waals surface area contributed by atoms with E-state index < -0.39 is 5.91 Å². The number of nitrogens with one attached hydrogen (secondary N) is 2. The van der Waals surface area contributed by atoms with Crippen molar-refractivity contribution in [2.24, 2.45) is 0 Å². The molecular formula is C25H26ClN3O4. The monoisotopic (exact) mass is 467 g/mol. The quantitative estimate of drug-likeness (QED) is 0.435. The molecule has 33 heavy (non-hydrogen) atoms. The third kappa shape index (κ3) is 6.74. The van der Waals surface area contributed by atoms with Crippen LogP contribution in [0.5, 0.6) is 11.5 Å². The van der Waals surface area contributed by atoms with Crippen LogP contribution >= 0.6 is 11.6 Å². The van der Waals surface area contributed by atoms with Gasteiger partial charge in [0.25, 0.3) is 11.8 Å². The fraction of sp³-hybridized carbons (Fsp3) is 0.320. The Morgan fingerprint density at radius 1 is 1.21 bits per heavy atom. The first kappa shape index (κ1) is 24.1. The Morgan fingerprint density at radius 3 is 2.55 bits per heavy atom. The van der Waals surface area contributed by atoms with E-state index in [1.54, 1.807) is 24.3 Å². The summed E-state index contributed by atoms with van der Waals surface area (Å²) in [5.74, 6) is -0.279. The van der Waals surface area contributed by atoms with Gasteiger partial charge in [-0.05, 0) is 55.7 Å². The molecule has 2 aromatic carbocycles. The molecule has 0 spiro atoms. The topological polar surface area (TPSA) is 100 Å². The van der Waals surface area contributed by atoms with Crippen LogP contribution in [0.2, 0.25) is 5.02 Å². The van der Waals surface area contributed by atoms with Crippen molar-refractivity contribution < 1.29 is 19.1 Å². The van der Waals surface area contributed by atoms with Gasteiger partial charge in [-0.2, -0.15) is 5.26 Å². The molecule has 172 valence electrons. The summed E-state index contributed by atoms with van der Waals surface area (Å²) in [4.78, 5) is 24.7. The number of nitrogens with zero attached hydrogens (tertiary/aromatic N) is 1. The summed E-state index contributed by atoms with van der Waals surface area (Å²) in [6.07, 6.45) is 5.45. The number of ether oxygens (including phenoxy) is 2. The van der Waals surface area contributed by atoms with Gasteiger partial charge in [-0.25, -0.2) is 0 Å². The van der Waals surface area contributed by atoms with Crippen LogP contribution < -0.4 is 20.1 Å². The van der Waals surface area contributed by atoms with Gasteiger partial charge in [0.1, 0.15) is 11.6 Å². The number of nitriles is 1. The summed E-state index contributed by atoms with van der Waals surface area (Å²) in [7, 11) is 1.44. The molecule has 3 rings (SSSR count). The van der Waals surface area contributed by atoms with Gasteiger partial charge in [0.05, 0.1) is 12.1 Å². The molecule has 0 atom stereocenters. The molecule has 2 aromatic rings. The van der Waals surface area contributed by atoms with E-state index in [1.165, 1.54) is 13.2 Å². The van der Waals surface area contributed by atoms with Crippen LogP contribution in [-0.4, -0.2) is 31.6 Å². The van der Waals surface area contributed by atoms with Gasteiger partial charge in [0, 0.05) is 11.7 Å². The summed E-state index contributed by atoms with van der Waals surface area (Å²) in [5, 5.41) is 15.3. The second-order valence-corrected chi connectivity index (χ2v) is 8.27. The zero-order valence-corrected chi connectivity index (χ0v) is 19.4. The Labute approximate surface area is 198 Å². The lowest BCUT2D eigenvalue weighted by Crippen LogP contribution is -2.33. The number of methoxy groups -OCH3 is 1. The van der Waals surface area contributed by atoms with Gasteiger partial charge in [0.15, 0.2) is 18.1 Å². The molecule has 8 heteroatoms. The van der Waals surface area contributed by atoms with Crippen LogP contribution in [0, 0.1) is 18.3 Å². The first-order chi connectivity index (χ1) is 15.9. The molecule has 2 amide bonds. The maximum atomic E-state index is 12.5. The number of hydrogen-bond acceptors (Lipinski definition) is 5. The first-order valence-electron chi connectivity index (χ1n) is 10.7. The molecule has 1 aliphatic carbocycles. The minimum Gasteiger partial charge on any atom is -0.493 e. The number of carbonyl (C=O) groups excluding carboxylic acids is 2. The first-order valence-corrected chi connectivity index (χ1v) is 11.1. The number of rotatable bonds is 8. The standard InChI is InChI=1S/C25H26ClN3O4/c1-16-7-9-20(10-8-16)28-23(30)15-33-24-21(26)12-17(13-22(24)32-2)11-18(14-27)25(31)29-19-5-3-4-6-19/h7-13,19H,3-6,15H2,1-2H3,(H,28,30)(H,29,31)/b18-11-. The van der Waals surface area contributed by atoms with Crippen molar-refractivity contribution in [2.75, 3.05) is 19.0 Å². The highest BCUT2D eigenvalue weighted by Crippen LogP contribution is 2.37. The van der Waals surface area contributed by atoms with Crippen LogP contribution in [-0.2, 0) is 9.59 Å². The molecule has 0 radical (unpaired) electrons. The third-order valence-corrected chi connectivity index (χ3v) is 5.58. The molecule has 1 fully saturated rings. The van der Waals surface area contributed by atoms with Crippen LogP contribution in [0.3, 0.4) is 0 Å².